The zero-order chi connectivity index (χ0) is 23.3. The van der Waals surface area contributed by atoms with Crippen molar-refractivity contribution in [2.24, 2.45) is 7.05 Å². The van der Waals surface area contributed by atoms with Gasteiger partial charge in [-0.2, -0.15) is 0 Å². The van der Waals surface area contributed by atoms with E-state index in [0.29, 0.717) is 22.5 Å². The summed E-state index contributed by atoms with van der Waals surface area (Å²) in [5, 5.41) is 2.87. The first-order valence-electron chi connectivity index (χ1n) is 10.4. The number of hydrogen-bond donors (Lipinski definition) is 1. The molecule has 1 atom stereocenters. The SMILES string of the molecule is CCOC(=O)c1c(C)c(C(=O)C(C)N(Cc2cccnc2)C(=O)NC(C)C)c(C)n1C. The Kier molecular flexibility index (Phi) is 7.96. The van der Waals surface area contributed by atoms with Crippen molar-refractivity contribution in [1.82, 2.24) is 19.8 Å². The highest BCUT2D eigenvalue weighted by Gasteiger charge is 2.32. The summed E-state index contributed by atoms with van der Waals surface area (Å²) >= 11 is 0. The molecule has 0 radical (unpaired) electrons. The normalized spacial score (nSPS) is 11.9. The number of rotatable bonds is 8. The van der Waals surface area contributed by atoms with E-state index in [0.717, 1.165) is 5.56 Å². The predicted molar refractivity (Wildman–Crippen MR) is 118 cm³/mol. The number of pyridine rings is 1. The van der Waals surface area contributed by atoms with E-state index in [4.69, 9.17) is 4.74 Å². The fourth-order valence-corrected chi connectivity index (χ4v) is 3.58. The zero-order valence-corrected chi connectivity index (χ0v) is 19.4. The zero-order valence-electron chi connectivity index (χ0n) is 19.4. The standard InChI is InChI=1S/C23H32N4O4/c1-8-31-22(29)20-15(4)19(16(5)26(20)7)21(28)17(6)27(23(30)25-14(2)3)13-18-10-9-11-24-12-18/h9-12,14,17H,8,13H2,1-7H3,(H,25,30). The molecule has 2 amide bonds. The summed E-state index contributed by atoms with van der Waals surface area (Å²) in [6.07, 6.45) is 3.33. The molecule has 0 spiro atoms. The van der Waals surface area contributed by atoms with Gasteiger partial charge >= 0.3 is 12.0 Å². The van der Waals surface area contributed by atoms with Crippen LogP contribution in [0, 0.1) is 13.8 Å². The summed E-state index contributed by atoms with van der Waals surface area (Å²) in [5.74, 6) is -0.703. The summed E-state index contributed by atoms with van der Waals surface area (Å²) in [6, 6.07) is 2.47. The number of carbonyl (C=O) groups is 3. The van der Waals surface area contributed by atoms with Crippen molar-refractivity contribution in [1.29, 1.82) is 0 Å². The van der Waals surface area contributed by atoms with Crippen LogP contribution in [0.1, 0.15) is 65.4 Å². The molecular weight excluding hydrogens is 396 g/mol. The van der Waals surface area contributed by atoms with Crippen LogP contribution in [0.25, 0.3) is 0 Å². The molecule has 0 saturated heterocycles. The average Bonchev–Trinajstić information content (AvgIpc) is 2.94. The lowest BCUT2D eigenvalue weighted by Gasteiger charge is -2.29. The first kappa shape index (κ1) is 24.1. The monoisotopic (exact) mass is 428 g/mol. The van der Waals surface area contributed by atoms with Gasteiger partial charge in [-0.25, -0.2) is 9.59 Å². The Morgan fingerprint density at radius 2 is 1.90 bits per heavy atom. The molecule has 0 aliphatic carbocycles. The molecule has 2 aromatic rings. The Hall–Kier alpha value is -3.16. The van der Waals surface area contributed by atoms with Crippen LogP contribution < -0.4 is 5.32 Å². The van der Waals surface area contributed by atoms with Crippen LogP contribution in [0.15, 0.2) is 24.5 Å². The summed E-state index contributed by atoms with van der Waals surface area (Å²) in [6.45, 7) is 11.2. The number of esters is 1. The van der Waals surface area contributed by atoms with Crippen LogP contribution in [-0.4, -0.2) is 50.9 Å². The van der Waals surface area contributed by atoms with Gasteiger partial charge in [-0.1, -0.05) is 6.07 Å². The Morgan fingerprint density at radius 1 is 1.23 bits per heavy atom. The van der Waals surface area contributed by atoms with Crippen LogP contribution in [0.2, 0.25) is 0 Å². The molecule has 1 N–H and O–H groups in total. The van der Waals surface area contributed by atoms with Crippen LogP contribution >= 0.6 is 0 Å². The quantitative estimate of drug-likeness (QED) is 0.514. The van der Waals surface area contributed by atoms with Crippen LogP contribution in [0.4, 0.5) is 4.79 Å². The van der Waals surface area contributed by atoms with Crippen molar-refractivity contribution >= 4 is 17.8 Å². The van der Waals surface area contributed by atoms with E-state index in [9.17, 15) is 14.4 Å². The van der Waals surface area contributed by atoms with Gasteiger partial charge in [0.25, 0.3) is 0 Å². The molecule has 2 heterocycles. The second kappa shape index (κ2) is 10.2. The molecule has 8 heteroatoms. The average molecular weight is 429 g/mol. The van der Waals surface area contributed by atoms with Crippen molar-refractivity contribution in [3.63, 3.8) is 0 Å². The third kappa shape index (κ3) is 5.31. The third-order valence-electron chi connectivity index (χ3n) is 5.24. The highest BCUT2D eigenvalue weighted by molar-refractivity contribution is 6.06. The number of carbonyl (C=O) groups excluding carboxylic acids is 3. The molecule has 0 fully saturated rings. The second-order valence-corrected chi connectivity index (χ2v) is 7.85. The largest absolute Gasteiger partial charge is 0.461 e. The Bertz CT molecular complexity index is 950. The Labute approximate surface area is 183 Å². The van der Waals surface area contributed by atoms with E-state index in [1.54, 1.807) is 57.8 Å². The second-order valence-electron chi connectivity index (χ2n) is 7.85. The van der Waals surface area contributed by atoms with Crippen molar-refractivity contribution in [2.45, 2.75) is 60.2 Å². The lowest BCUT2D eigenvalue weighted by Crippen LogP contribution is -2.49. The molecule has 1 unspecified atom stereocenters. The maximum atomic E-state index is 13.6. The highest BCUT2D eigenvalue weighted by atomic mass is 16.5. The Morgan fingerprint density at radius 3 is 2.45 bits per heavy atom. The molecule has 168 valence electrons. The number of ketones is 1. The number of urea groups is 1. The van der Waals surface area contributed by atoms with Gasteiger partial charge < -0.3 is 19.5 Å². The van der Waals surface area contributed by atoms with E-state index in [1.807, 2.05) is 19.9 Å². The molecule has 0 aliphatic heterocycles. The smallest absolute Gasteiger partial charge is 0.355 e. The van der Waals surface area contributed by atoms with Crippen LogP contribution in [-0.2, 0) is 18.3 Å². The first-order chi connectivity index (χ1) is 14.6. The molecule has 31 heavy (non-hydrogen) atoms. The molecule has 0 saturated carbocycles. The van der Waals surface area contributed by atoms with E-state index >= 15 is 0 Å². The minimum atomic E-state index is -0.756. The summed E-state index contributed by atoms with van der Waals surface area (Å²) < 4.78 is 6.83. The van der Waals surface area contributed by atoms with E-state index in [1.165, 1.54) is 4.90 Å². The molecule has 8 nitrogen and oxygen atoms in total. The fourth-order valence-electron chi connectivity index (χ4n) is 3.58. The molecule has 0 aliphatic rings. The number of nitrogens with one attached hydrogen (secondary N) is 1. The van der Waals surface area contributed by atoms with Gasteiger partial charge in [-0.3, -0.25) is 9.78 Å². The fraction of sp³-hybridized carbons (Fsp3) is 0.478. The van der Waals surface area contributed by atoms with Gasteiger partial charge in [0.1, 0.15) is 5.69 Å². The lowest BCUT2D eigenvalue weighted by molar-refractivity contribution is 0.0514. The summed E-state index contributed by atoms with van der Waals surface area (Å²) in [7, 11) is 1.73. The number of Topliss-reactive ketones (excluding diaryl/α,β-unsaturated/α-hetero) is 1. The highest BCUT2D eigenvalue weighted by Crippen LogP contribution is 2.25. The topological polar surface area (TPSA) is 93.5 Å². The molecular formula is C23H32N4O4. The van der Waals surface area contributed by atoms with Crippen LogP contribution in [0.5, 0.6) is 0 Å². The predicted octanol–water partition coefficient (Wildman–Crippen LogP) is 3.41. The van der Waals surface area contributed by atoms with Crippen LogP contribution in [0.3, 0.4) is 0 Å². The van der Waals surface area contributed by atoms with E-state index in [2.05, 4.69) is 10.3 Å². The van der Waals surface area contributed by atoms with Crippen molar-refractivity contribution in [3.05, 3.63) is 52.6 Å². The van der Waals surface area contributed by atoms with E-state index in [-0.39, 0.29) is 31.0 Å². The van der Waals surface area contributed by atoms with Crippen molar-refractivity contribution in [2.75, 3.05) is 6.61 Å². The number of aromatic nitrogens is 2. The van der Waals surface area contributed by atoms with Gasteiger partial charge in [0.05, 0.1) is 12.6 Å². The Balaban J connectivity index is 2.43. The van der Waals surface area contributed by atoms with Gasteiger partial charge in [-0.05, 0) is 58.7 Å². The van der Waals surface area contributed by atoms with Gasteiger partial charge in [0.2, 0.25) is 0 Å². The van der Waals surface area contributed by atoms with Crippen molar-refractivity contribution < 1.29 is 19.1 Å². The summed E-state index contributed by atoms with van der Waals surface area (Å²) in [4.78, 5) is 44.5. The minimum Gasteiger partial charge on any atom is -0.461 e. The van der Waals surface area contributed by atoms with Gasteiger partial charge in [-0.15, -0.1) is 0 Å². The summed E-state index contributed by atoms with van der Waals surface area (Å²) in [5.41, 5.74) is 2.81. The van der Waals surface area contributed by atoms with Gasteiger partial charge in [0.15, 0.2) is 5.78 Å². The van der Waals surface area contributed by atoms with Crippen molar-refractivity contribution in [3.8, 4) is 0 Å². The minimum absolute atomic E-state index is 0.0817. The number of nitrogens with zero attached hydrogens (tertiary/aromatic N) is 3. The number of amides is 2. The van der Waals surface area contributed by atoms with Gasteiger partial charge in [0, 0.05) is 43.3 Å². The first-order valence-corrected chi connectivity index (χ1v) is 10.4. The maximum Gasteiger partial charge on any atom is 0.355 e. The lowest BCUT2D eigenvalue weighted by atomic mass is 9.99. The third-order valence-corrected chi connectivity index (χ3v) is 5.24. The number of ether oxygens (including phenoxy) is 1. The maximum absolute atomic E-state index is 13.6. The molecule has 0 bridgehead atoms. The molecule has 2 rings (SSSR count). The number of hydrogen-bond acceptors (Lipinski definition) is 5. The van der Waals surface area contributed by atoms with E-state index < -0.39 is 12.0 Å². The molecule has 0 aromatic carbocycles. The molecule has 2 aromatic heterocycles.